The molecule has 90 valence electrons. The minimum atomic E-state index is -0.889. The first-order valence-corrected chi connectivity index (χ1v) is 5.45. The van der Waals surface area contributed by atoms with Gasteiger partial charge in [0.05, 0.1) is 0 Å². The predicted octanol–water partition coefficient (Wildman–Crippen LogP) is 1.93. The first-order chi connectivity index (χ1) is 8.06. The maximum Gasteiger partial charge on any atom is 0.326 e. The Balaban J connectivity index is 2.89. The fourth-order valence-electron chi connectivity index (χ4n) is 1.56. The zero-order chi connectivity index (χ0) is 12.8. The molecule has 2 N–H and O–H groups in total. The van der Waals surface area contributed by atoms with Gasteiger partial charge in [0.2, 0.25) is 0 Å². The number of nitriles is 1. The molecule has 0 amide bonds. The molecule has 0 radical (unpaired) electrons. The molecule has 17 heavy (non-hydrogen) atoms. The van der Waals surface area contributed by atoms with E-state index in [-0.39, 0.29) is 5.69 Å². The van der Waals surface area contributed by atoms with E-state index in [1.54, 1.807) is 19.1 Å². The number of hydrogen-bond acceptors (Lipinski definition) is 4. The second kappa shape index (κ2) is 5.85. The highest BCUT2D eigenvalue weighted by molar-refractivity contribution is 5.77. The number of nitrogens with zero attached hydrogens (tertiary/aromatic N) is 2. The standard InChI is InChI=1S/C12H15N3O2/c1-3-4-11(12(16)17)15-9-5-8(2)14-10(6-9)7-13/h5-6,11H,3-4H2,1-2H3,(H,14,15)(H,16,17). The number of aliphatic carboxylic acids is 1. The van der Waals surface area contributed by atoms with Crippen LogP contribution in [0, 0.1) is 18.3 Å². The van der Waals surface area contributed by atoms with E-state index in [2.05, 4.69) is 10.3 Å². The molecule has 5 nitrogen and oxygen atoms in total. The van der Waals surface area contributed by atoms with E-state index in [1.807, 2.05) is 13.0 Å². The van der Waals surface area contributed by atoms with Gasteiger partial charge in [0, 0.05) is 11.4 Å². The molecular weight excluding hydrogens is 218 g/mol. The summed E-state index contributed by atoms with van der Waals surface area (Å²) >= 11 is 0. The molecule has 1 heterocycles. The molecule has 0 aliphatic rings. The molecule has 0 spiro atoms. The molecule has 1 atom stereocenters. The lowest BCUT2D eigenvalue weighted by atomic mass is 10.1. The summed E-state index contributed by atoms with van der Waals surface area (Å²) in [6.07, 6.45) is 1.32. The summed E-state index contributed by atoms with van der Waals surface area (Å²) in [6.45, 7) is 3.69. The van der Waals surface area contributed by atoms with E-state index >= 15 is 0 Å². The van der Waals surface area contributed by atoms with E-state index in [9.17, 15) is 4.79 Å². The molecule has 5 heteroatoms. The molecule has 1 aromatic rings. The molecule has 0 aliphatic carbocycles. The molecule has 0 bridgehead atoms. The van der Waals surface area contributed by atoms with E-state index < -0.39 is 12.0 Å². The van der Waals surface area contributed by atoms with Crippen LogP contribution in [0.25, 0.3) is 0 Å². The number of carboxylic acids is 1. The van der Waals surface area contributed by atoms with Gasteiger partial charge >= 0.3 is 5.97 Å². The molecular formula is C12H15N3O2. The van der Waals surface area contributed by atoms with Crippen LogP contribution < -0.4 is 5.32 Å². The smallest absolute Gasteiger partial charge is 0.326 e. The zero-order valence-electron chi connectivity index (χ0n) is 9.90. The third-order valence-corrected chi connectivity index (χ3v) is 2.28. The zero-order valence-corrected chi connectivity index (χ0v) is 9.90. The number of aromatic nitrogens is 1. The Labute approximate surface area is 100 Å². The van der Waals surface area contributed by atoms with Gasteiger partial charge in [-0.05, 0) is 25.5 Å². The summed E-state index contributed by atoms with van der Waals surface area (Å²) in [6, 6.07) is 4.60. The number of nitrogens with one attached hydrogen (secondary N) is 1. The topological polar surface area (TPSA) is 86.0 Å². The lowest BCUT2D eigenvalue weighted by Gasteiger charge is -2.15. The normalized spacial score (nSPS) is 11.6. The van der Waals surface area contributed by atoms with Gasteiger partial charge in [-0.25, -0.2) is 9.78 Å². The summed E-state index contributed by atoms with van der Waals surface area (Å²) in [5, 5.41) is 20.7. The number of anilines is 1. The Morgan fingerprint density at radius 1 is 1.65 bits per heavy atom. The van der Waals surface area contributed by atoms with Gasteiger partial charge in [0.1, 0.15) is 17.8 Å². The molecule has 0 saturated carbocycles. The summed E-state index contributed by atoms with van der Waals surface area (Å²) in [4.78, 5) is 15.0. The number of carboxylic acid groups (broad SMARTS) is 1. The van der Waals surface area contributed by atoms with Gasteiger partial charge in [-0.1, -0.05) is 13.3 Å². The first-order valence-electron chi connectivity index (χ1n) is 5.45. The average Bonchev–Trinajstić information content (AvgIpc) is 2.27. The molecule has 0 fully saturated rings. The van der Waals surface area contributed by atoms with Crippen LogP contribution >= 0.6 is 0 Å². The molecule has 0 saturated heterocycles. The predicted molar refractivity (Wildman–Crippen MR) is 63.6 cm³/mol. The van der Waals surface area contributed by atoms with Crippen LogP contribution in [-0.4, -0.2) is 22.1 Å². The van der Waals surface area contributed by atoms with Crippen molar-refractivity contribution in [3.63, 3.8) is 0 Å². The van der Waals surface area contributed by atoms with Gasteiger partial charge in [0.15, 0.2) is 0 Å². The molecule has 1 aromatic heterocycles. The highest BCUT2D eigenvalue weighted by Crippen LogP contribution is 2.14. The van der Waals surface area contributed by atoms with Crippen molar-refractivity contribution in [1.29, 1.82) is 5.26 Å². The summed E-state index contributed by atoms with van der Waals surface area (Å²) < 4.78 is 0. The molecule has 0 aromatic carbocycles. The summed E-state index contributed by atoms with van der Waals surface area (Å²) in [7, 11) is 0. The highest BCUT2D eigenvalue weighted by Gasteiger charge is 2.16. The van der Waals surface area contributed by atoms with Gasteiger partial charge in [-0.2, -0.15) is 5.26 Å². The third-order valence-electron chi connectivity index (χ3n) is 2.28. The van der Waals surface area contributed by atoms with E-state index in [0.29, 0.717) is 17.8 Å². The van der Waals surface area contributed by atoms with Crippen LogP contribution in [0.2, 0.25) is 0 Å². The second-order valence-corrected chi connectivity index (χ2v) is 3.82. The lowest BCUT2D eigenvalue weighted by molar-refractivity contribution is -0.138. The van der Waals surface area contributed by atoms with Crippen molar-refractivity contribution in [2.24, 2.45) is 0 Å². The Kier molecular flexibility index (Phi) is 4.46. The van der Waals surface area contributed by atoms with E-state index in [1.165, 1.54) is 0 Å². The lowest BCUT2D eigenvalue weighted by Crippen LogP contribution is -2.29. The number of aryl methyl sites for hydroxylation is 1. The van der Waals surface area contributed by atoms with Gasteiger partial charge in [-0.15, -0.1) is 0 Å². The maximum absolute atomic E-state index is 11.0. The van der Waals surface area contributed by atoms with Crippen molar-refractivity contribution >= 4 is 11.7 Å². The van der Waals surface area contributed by atoms with Crippen LogP contribution in [0.5, 0.6) is 0 Å². The monoisotopic (exact) mass is 233 g/mol. The van der Waals surface area contributed by atoms with Crippen LogP contribution in [0.1, 0.15) is 31.2 Å². The Hall–Kier alpha value is -2.09. The quantitative estimate of drug-likeness (QED) is 0.811. The van der Waals surface area contributed by atoms with Crippen molar-refractivity contribution in [2.45, 2.75) is 32.7 Å². The largest absolute Gasteiger partial charge is 0.480 e. The van der Waals surface area contributed by atoms with Crippen molar-refractivity contribution in [3.05, 3.63) is 23.5 Å². The van der Waals surface area contributed by atoms with Crippen molar-refractivity contribution in [1.82, 2.24) is 4.98 Å². The van der Waals surface area contributed by atoms with E-state index in [4.69, 9.17) is 10.4 Å². The second-order valence-electron chi connectivity index (χ2n) is 3.82. The molecule has 1 unspecified atom stereocenters. The fraction of sp³-hybridized carbons (Fsp3) is 0.417. The summed E-state index contributed by atoms with van der Waals surface area (Å²) in [5.74, 6) is -0.889. The minimum absolute atomic E-state index is 0.285. The van der Waals surface area contributed by atoms with Crippen molar-refractivity contribution < 1.29 is 9.90 Å². The van der Waals surface area contributed by atoms with Crippen molar-refractivity contribution in [3.8, 4) is 6.07 Å². The fourth-order valence-corrected chi connectivity index (χ4v) is 1.56. The van der Waals surface area contributed by atoms with Gasteiger partial charge < -0.3 is 10.4 Å². The summed E-state index contributed by atoms with van der Waals surface area (Å²) in [5.41, 5.74) is 1.59. The number of carbonyl (C=O) groups is 1. The Morgan fingerprint density at radius 3 is 2.88 bits per heavy atom. The van der Waals surface area contributed by atoms with E-state index in [0.717, 1.165) is 6.42 Å². The molecule has 0 aliphatic heterocycles. The number of hydrogen-bond donors (Lipinski definition) is 2. The third kappa shape index (κ3) is 3.76. The van der Waals surface area contributed by atoms with Crippen LogP contribution in [-0.2, 0) is 4.79 Å². The number of rotatable bonds is 5. The highest BCUT2D eigenvalue weighted by atomic mass is 16.4. The Morgan fingerprint density at radius 2 is 2.35 bits per heavy atom. The van der Waals surface area contributed by atoms with Crippen LogP contribution in [0.4, 0.5) is 5.69 Å². The average molecular weight is 233 g/mol. The molecule has 1 rings (SSSR count). The van der Waals surface area contributed by atoms with Gasteiger partial charge in [0.25, 0.3) is 0 Å². The van der Waals surface area contributed by atoms with Gasteiger partial charge in [-0.3, -0.25) is 0 Å². The first kappa shape index (κ1) is 13.0. The van der Waals surface area contributed by atoms with Crippen molar-refractivity contribution in [2.75, 3.05) is 5.32 Å². The SMILES string of the molecule is CCCC(Nc1cc(C)nc(C#N)c1)C(=O)O. The number of pyridine rings is 1. The van der Waals surface area contributed by atoms with Crippen LogP contribution in [0.15, 0.2) is 12.1 Å². The Bertz CT molecular complexity index is 452. The maximum atomic E-state index is 11.0. The van der Waals surface area contributed by atoms with Crippen LogP contribution in [0.3, 0.4) is 0 Å². The minimum Gasteiger partial charge on any atom is -0.480 e.